The third kappa shape index (κ3) is 2.19. The lowest BCUT2D eigenvalue weighted by Crippen LogP contribution is -2.68. The molecular formula is C12H25NO2. The van der Waals surface area contributed by atoms with Crippen molar-refractivity contribution in [2.45, 2.75) is 58.2 Å². The number of aliphatic hydroxyl groups excluding tert-OH is 1. The highest BCUT2D eigenvalue weighted by Crippen LogP contribution is 2.51. The van der Waals surface area contributed by atoms with Gasteiger partial charge in [-0.05, 0) is 26.7 Å². The molecular weight excluding hydrogens is 190 g/mol. The van der Waals surface area contributed by atoms with Gasteiger partial charge in [-0.25, -0.2) is 0 Å². The molecule has 0 amide bonds. The predicted octanol–water partition coefficient (Wildman–Crippen LogP) is 1.55. The Morgan fingerprint density at radius 2 is 2.07 bits per heavy atom. The lowest BCUT2D eigenvalue weighted by atomic mass is 9.55. The van der Waals surface area contributed by atoms with Gasteiger partial charge in [-0.2, -0.15) is 0 Å². The van der Waals surface area contributed by atoms with E-state index in [0.717, 1.165) is 12.8 Å². The van der Waals surface area contributed by atoms with Crippen molar-refractivity contribution in [2.75, 3.05) is 13.7 Å². The first-order valence-electron chi connectivity index (χ1n) is 5.79. The molecule has 0 bridgehead atoms. The summed E-state index contributed by atoms with van der Waals surface area (Å²) in [6.07, 6.45) is 1.86. The van der Waals surface area contributed by atoms with Crippen molar-refractivity contribution < 1.29 is 9.84 Å². The molecule has 0 radical (unpaired) electrons. The van der Waals surface area contributed by atoms with Gasteiger partial charge in [0.1, 0.15) is 0 Å². The zero-order chi connectivity index (χ0) is 11.7. The molecule has 3 heteroatoms. The Kier molecular flexibility index (Phi) is 3.80. The maximum Gasteiger partial charge on any atom is 0.0731 e. The Balaban J connectivity index is 2.48. The van der Waals surface area contributed by atoms with Gasteiger partial charge < -0.3 is 15.2 Å². The molecule has 1 saturated carbocycles. The minimum Gasteiger partial charge on any atom is -0.396 e. The maximum atomic E-state index is 8.85. The summed E-state index contributed by atoms with van der Waals surface area (Å²) >= 11 is 0. The second-order valence-electron chi connectivity index (χ2n) is 5.49. The summed E-state index contributed by atoms with van der Waals surface area (Å²) in [5.74, 6) is 0. The standard InChI is InChI=1S/C12H25NO2/c1-9(6-7-14)13-10-8-12(4,15-5)11(10,2)3/h9-10,13-14H,6-8H2,1-5H3. The number of hydrogen-bond acceptors (Lipinski definition) is 3. The second-order valence-corrected chi connectivity index (χ2v) is 5.49. The Bertz CT molecular complexity index is 218. The van der Waals surface area contributed by atoms with E-state index in [1.54, 1.807) is 7.11 Å². The van der Waals surface area contributed by atoms with E-state index in [9.17, 15) is 0 Å². The summed E-state index contributed by atoms with van der Waals surface area (Å²) in [7, 11) is 1.79. The van der Waals surface area contributed by atoms with Gasteiger partial charge in [0.05, 0.1) is 5.60 Å². The van der Waals surface area contributed by atoms with E-state index in [2.05, 4.69) is 33.0 Å². The molecule has 0 aliphatic heterocycles. The van der Waals surface area contributed by atoms with Crippen LogP contribution in [0, 0.1) is 5.41 Å². The Morgan fingerprint density at radius 1 is 1.47 bits per heavy atom. The van der Waals surface area contributed by atoms with Crippen LogP contribution in [-0.2, 0) is 4.74 Å². The summed E-state index contributed by atoms with van der Waals surface area (Å²) in [6, 6.07) is 0.865. The molecule has 3 unspecified atom stereocenters. The maximum absolute atomic E-state index is 8.85. The minimum absolute atomic E-state index is 0.0103. The first-order chi connectivity index (χ1) is 6.87. The predicted molar refractivity (Wildman–Crippen MR) is 61.9 cm³/mol. The van der Waals surface area contributed by atoms with Crippen LogP contribution in [0.4, 0.5) is 0 Å². The van der Waals surface area contributed by atoms with Crippen LogP contribution in [0.25, 0.3) is 0 Å². The summed E-state index contributed by atoms with van der Waals surface area (Å²) < 4.78 is 5.57. The van der Waals surface area contributed by atoms with Gasteiger partial charge in [0.25, 0.3) is 0 Å². The Labute approximate surface area is 93.2 Å². The summed E-state index contributed by atoms with van der Waals surface area (Å²) in [4.78, 5) is 0. The largest absolute Gasteiger partial charge is 0.396 e. The molecule has 2 N–H and O–H groups in total. The summed E-state index contributed by atoms with van der Waals surface area (Å²) in [6.45, 7) is 9.02. The van der Waals surface area contributed by atoms with Crippen LogP contribution in [0.2, 0.25) is 0 Å². The van der Waals surface area contributed by atoms with Crippen molar-refractivity contribution in [2.24, 2.45) is 5.41 Å². The third-order valence-electron chi connectivity index (χ3n) is 4.33. The van der Waals surface area contributed by atoms with E-state index < -0.39 is 0 Å². The molecule has 1 aliphatic carbocycles. The fourth-order valence-corrected chi connectivity index (χ4v) is 2.38. The van der Waals surface area contributed by atoms with Gasteiger partial charge in [-0.1, -0.05) is 13.8 Å². The van der Waals surface area contributed by atoms with Gasteiger partial charge in [-0.3, -0.25) is 0 Å². The Morgan fingerprint density at radius 3 is 2.47 bits per heavy atom. The van der Waals surface area contributed by atoms with Crippen molar-refractivity contribution in [3.63, 3.8) is 0 Å². The van der Waals surface area contributed by atoms with Crippen molar-refractivity contribution >= 4 is 0 Å². The molecule has 1 fully saturated rings. The second kappa shape index (κ2) is 4.40. The molecule has 0 aromatic heterocycles. The smallest absolute Gasteiger partial charge is 0.0731 e. The average molecular weight is 215 g/mol. The zero-order valence-corrected chi connectivity index (χ0v) is 10.6. The number of nitrogens with one attached hydrogen (secondary N) is 1. The SMILES string of the molecule is COC1(C)CC(NC(C)CCO)C1(C)C. The highest BCUT2D eigenvalue weighted by molar-refractivity contribution is 5.11. The van der Waals surface area contributed by atoms with Gasteiger partial charge in [0.15, 0.2) is 0 Å². The van der Waals surface area contributed by atoms with Crippen LogP contribution in [0.1, 0.15) is 40.5 Å². The zero-order valence-electron chi connectivity index (χ0n) is 10.6. The summed E-state index contributed by atoms with van der Waals surface area (Å²) in [5.41, 5.74) is 0.148. The van der Waals surface area contributed by atoms with Crippen LogP contribution in [0.3, 0.4) is 0 Å². The molecule has 3 nitrogen and oxygen atoms in total. The normalized spacial score (nSPS) is 36.0. The number of methoxy groups -OCH3 is 1. The Hall–Kier alpha value is -0.120. The number of rotatable bonds is 5. The van der Waals surface area contributed by atoms with E-state index >= 15 is 0 Å². The topological polar surface area (TPSA) is 41.5 Å². The van der Waals surface area contributed by atoms with Crippen LogP contribution in [-0.4, -0.2) is 36.5 Å². The first-order valence-corrected chi connectivity index (χ1v) is 5.79. The van der Waals surface area contributed by atoms with Crippen molar-refractivity contribution in [1.82, 2.24) is 5.32 Å². The van der Waals surface area contributed by atoms with Gasteiger partial charge in [0.2, 0.25) is 0 Å². The number of ether oxygens (including phenoxy) is 1. The average Bonchev–Trinajstić information content (AvgIpc) is 2.17. The molecule has 0 aromatic rings. The van der Waals surface area contributed by atoms with E-state index in [1.807, 2.05) is 0 Å². The fourth-order valence-electron chi connectivity index (χ4n) is 2.38. The number of aliphatic hydroxyl groups is 1. The molecule has 0 aromatic carbocycles. The van der Waals surface area contributed by atoms with Crippen LogP contribution < -0.4 is 5.32 Å². The third-order valence-corrected chi connectivity index (χ3v) is 4.33. The van der Waals surface area contributed by atoms with Crippen molar-refractivity contribution in [1.29, 1.82) is 0 Å². The molecule has 15 heavy (non-hydrogen) atoms. The summed E-state index contributed by atoms with van der Waals surface area (Å²) in [5, 5.41) is 12.4. The molecule has 3 atom stereocenters. The van der Waals surface area contributed by atoms with Gasteiger partial charge >= 0.3 is 0 Å². The fraction of sp³-hybridized carbons (Fsp3) is 1.00. The molecule has 0 spiro atoms. The van der Waals surface area contributed by atoms with E-state index in [-0.39, 0.29) is 17.6 Å². The lowest BCUT2D eigenvalue weighted by Gasteiger charge is -2.60. The van der Waals surface area contributed by atoms with Gasteiger partial charge in [-0.15, -0.1) is 0 Å². The first kappa shape index (κ1) is 12.9. The molecule has 1 aliphatic rings. The molecule has 0 heterocycles. The molecule has 0 saturated heterocycles. The van der Waals surface area contributed by atoms with Crippen LogP contribution >= 0.6 is 0 Å². The minimum atomic E-state index is -0.0103. The molecule has 90 valence electrons. The van der Waals surface area contributed by atoms with Crippen molar-refractivity contribution in [3.05, 3.63) is 0 Å². The highest BCUT2D eigenvalue weighted by atomic mass is 16.5. The van der Waals surface area contributed by atoms with Crippen molar-refractivity contribution in [3.8, 4) is 0 Å². The lowest BCUT2D eigenvalue weighted by molar-refractivity contribution is -0.182. The highest BCUT2D eigenvalue weighted by Gasteiger charge is 2.57. The van der Waals surface area contributed by atoms with E-state index in [4.69, 9.17) is 9.84 Å². The van der Waals surface area contributed by atoms with Crippen LogP contribution in [0.5, 0.6) is 0 Å². The van der Waals surface area contributed by atoms with E-state index in [1.165, 1.54) is 0 Å². The monoisotopic (exact) mass is 215 g/mol. The van der Waals surface area contributed by atoms with Crippen LogP contribution in [0.15, 0.2) is 0 Å². The van der Waals surface area contributed by atoms with E-state index in [0.29, 0.717) is 12.1 Å². The molecule has 1 rings (SSSR count). The van der Waals surface area contributed by atoms with Gasteiger partial charge in [0, 0.05) is 31.2 Å². The quantitative estimate of drug-likeness (QED) is 0.731. The number of hydrogen-bond donors (Lipinski definition) is 2.